The molecule has 0 aromatic carbocycles. The van der Waals surface area contributed by atoms with Crippen LogP contribution in [0.4, 0.5) is 8.78 Å². The lowest BCUT2D eigenvalue weighted by Gasteiger charge is -2.31. The molecule has 0 radical (unpaired) electrons. The summed E-state index contributed by atoms with van der Waals surface area (Å²) in [6.45, 7) is 1.99. The summed E-state index contributed by atoms with van der Waals surface area (Å²) < 4.78 is 28.6. The number of imidazole rings is 1. The van der Waals surface area contributed by atoms with Crippen LogP contribution >= 0.6 is 0 Å². The number of rotatable bonds is 7. The molecule has 0 saturated heterocycles. The minimum Gasteiger partial charge on any atom is -0.349 e. The molecule has 3 N–H and O–H groups in total. The van der Waals surface area contributed by atoms with Gasteiger partial charge in [-0.3, -0.25) is 4.79 Å². The number of carbonyl (C=O) groups excluding carboxylic acids is 1. The fourth-order valence-electron chi connectivity index (χ4n) is 4.28. The minimum atomic E-state index is -2.56. The van der Waals surface area contributed by atoms with Crippen molar-refractivity contribution >= 4 is 11.6 Å². The number of aromatic nitrogens is 3. The van der Waals surface area contributed by atoms with Gasteiger partial charge in [0.1, 0.15) is 0 Å². The molecule has 0 aliphatic heterocycles. The zero-order valence-corrected chi connectivity index (χ0v) is 16.8. The lowest BCUT2D eigenvalue weighted by Crippen LogP contribution is -2.31. The van der Waals surface area contributed by atoms with Crippen LogP contribution in [-0.4, -0.2) is 26.4 Å². The maximum absolute atomic E-state index is 13.4. The van der Waals surface area contributed by atoms with Gasteiger partial charge in [-0.05, 0) is 55.6 Å². The zero-order chi connectivity index (χ0) is 20.6. The summed E-state index contributed by atoms with van der Waals surface area (Å²) in [5, 5.41) is 7.60. The average Bonchev–Trinajstić information content (AvgIpc) is 3.43. The molecule has 158 valence electrons. The lowest BCUT2D eigenvalue weighted by molar-refractivity contribution is -0.122. The van der Waals surface area contributed by atoms with Crippen molar-refractivity contribution in [1.82, 2.24) is 19.9 Å². The number of hydrogen-bond donors (Lipinski definition) is 2. The molecule has 1 amide bonds. The number of alkyl halides is 2. The zero-order valence-electron chi connectivity index (χ0n) is 16.8. The summed E-state index contributed by atoms with van der Waals surface area (Å²) in [7, 11) is 0. The van der Waals surface area contributed by atoms with E-state index >= 15 is 0 Å². The van der Waals surface area contributed by atoms with Gasteiger partial charge in [-0.25, -0.2) is 18.3 Å². The third kappa shape index (κ3) is 4.57. The van der Waals surface area contributed by atoms with Crippen LogP contribution in [0.25, 0.3) is 5.65 Å². The fraction of sp³-hybridized carbons (Fsp3) is 0.667. The summed E-state index contributed by atoms with van der Waals surface area (Å²) in [4.78, 5) is 16.8. The van der Waals surface area contributed by atoms with Crippen molar-refractivity contribution in [2.75, 3.05) is 0 Å². The first-order valence-corrected chi connectivity index (χ1v) is 10.6. The van der Waals surface area contributed by atoms with Crippen molar-refractivity contribution in [2.24, 2.45) is 17.6 Å². The molecular weight excluding hydrogens is 376 g/mol. The molecule has 2 aliphatic carbocycles. The van der Waals surface area contributed by atoms with E-state index in [1.165, 1.54) is 0 Å². The third-order valence-electron chi connectivity index (χ3n) is 6.22. The molecule has 0 unspecified atom stereocenters. The molecule has 2 saturated carbocycles. The molecule has 2 atom stereocenters. The number of amides is 1. The smallest absolute Gasteiger partial charge is 0.248 e. The van der Waals surface area contributed by atoms with E-state index < -0.39 is 5.92 Å². The van der Waals surface area contributed by atoms with Crippen LogP contribution in [0.5, 0.6) is 0 Å². The molecule has 8 heteroatoms. The molecule has 2 heterocycles. The van der Waals surface area contributed by atoms with Gasteiger partial charge in [-0.1, -0.05) is 6.92 Å². The SMILES string of the molecule is CCCC(=O)N[C@@H](c1cnn2cc([C@@H](N)C3CCC(F)(F)CC3)nc2c1)C1CC1. The molecule has 4 rings (SSSR count). The van der Waals surface area contributed by atoms with E-state index in [0.717, 1.165) is 24.8 Å². The third-order valence-corrected chi connectivity index (χ3v) is 6.22. The van der Waals surface area contributed by atoms with Crippen molar-refractivity contribution in [3.63, 3.8) is 0 Å². The Balaban J connectivity index is 1.52. The predicted octanol–water partition coefficient (Wildman–Crippen LogP) is 3.92. The van der Waals surface area contributed by atoms with Crippen LogP contribution in [0.2, 0.25) is 0 Å². The van der Waals surface area contributed by atoms with Crippen LogP contribution in [0.3, 0.4) is 0 Å². The van der Waals surface area contributed by atoms with E-state index in [0.29, 0.717) is 36.5 Å². The number of hydrogen-bond acceptors (Lipinski definition) is 4. The van der Waals surface area contributed by atoms with E-state index in [1.807, 2.05) is 13.0 Å². The molecule has 0 bridgehead atoms. The van der Waals surface area contributed by atoms with Gasteiger partial charge in [0.25, 0.3) is 0 Å². The van der Waals surface area contributed by atoms with E-state index in [1.54, 1.807) is 16.9 Å². The molecule has 2 aromatic heterocycles. The number of fused-ring (bicyclic) bond motifs is 1. The Labute approximate surface area is 169 Å². The number of carbonyl (C=O) groups is 1. The van der Waals surface area contributed by atoms with Crippen molar-refractivity contribution in [1.29, 1.82) is 0 Å². The second-order valence-corrected chi connectivity index (χ2v) is 8.61. The number of nitrogens with zero attached hydrogens (tertiary/aromatic N) is 3. The first-order chi connectivity index (χ1) is 13.9. The Hall–Kier alpha value is -2.09. The second-order valence-electron chi connectivity index (χ2n) is 8.61. The highest BCUT2D eigenvalue weighted by molar-refractivity contribution is 5.76. The Bertz CT molecular complexity index is 869. The monoisotopic (exact) mass is 405 g/mol. The van der Waals surface area contributed by atoms with Gasteiger partial charge in [0.2, 0.25) is 11.8 Å². The average molecular weight is 405 g/mol. The van der Waals surface area contributed by atoms with Gasteiger partial charge >= 0.3 is 0 Å². The molecule has 2 aromatic rings. The van der Waals surface area contributed by atoms with Crippen LogP contribution in [0.1, 0.15) is 81.6 Å². The van der Waals surface area contributed by atoms with Gasteiger partial charge in [-0.15, -0.1) is 0 Å². The summed E-state index contributed by atoms with van der Waals surface area (Å²) in [6, 6.07) is 1.54. The van der Waals surface area contributed by atoms with Gasteiger partial charge < -0.3 is 11.1 Å². The number of nitrogens with two attached hydrogens (primary N) is 1. The van der Waals surface area contributed by atoms with E-state index in [4.69, 9.17) is 5.73 Å². The van der Waals surface area contributed by atoms with Gasteiger partial charge in [0.15, 0.2) is 5.65 Å². The van der Waals surface area contributed by atoms with Gasteiger partial charge in [0.05, 0.1) is 30.2 Å². The summed E-state index contributed by atoms with van der Waals surface area (Å²) in [5.41, 5.74) is 8.68. The first-order valence-electron chi connectivity index (χ1n) is 10.6. The first kappa shape index (κ1) is 20.2. The summed E-state index contributed by atoms with van der Waals surface area (Å²) in [5.74, 6) is -2.05. The summed E-state index contributed by atoms with van der Waals surface area (Å²) >= 11 is 0. The minimum absolute atomic E-state index is 0.00607. The lowest BCUT2D eigenvalue weighted by atomic mass is 9.81. The van der Waals surface area contributed by atoms with E-state index in [2.05, 4.69) is 15.4 Å². The molecule has 2 aliphatic rings. The Morgan fingerprint density at radius 1 is 1.31 bits per heavy atom. The molecule has 6 nitrogen and oxygen atoms in total. The highest BCUT2D eigenvalue weighted by Crippen LogP contribution is 2.42. The van der Waals surface area contributed by atoms with Gasteiger partial charge in [-0.2, -0.15) is 5.10 Å². The fourth-order valence-corrected chi connectivity index (χ4v) is 4.28. The van der Waals surface area contributed by atoms with E-state index in [-0.39, 0.29) is 36.8 Å². The number of halogens is 2. The molecule has 2 fully saturated rings. The van der Waals surface area contributed by atoms with Crippen molar-refractivity contribution in [2.45, 2.75) is 76.3 Å². The molecule has 29 heavy (non-hydrogen) atoms. The standard InChI is InChI=1S/C21H29F2N5O/c1-2-3-18(29)27-20(14-4-5-14)15-10-17-26-16(12-28(17)25-11-15)19(24)13-6-8-21(22,23)9-7-13/h10-14,19-20H,2-9,24H2,1H3,(H,27,29)/t19-,20+/m0/s1. The second kappa shape index (κ2) is 7.97. The van der Waals surface area contributed by atoms with Crippen LogP contribution in [-0.2, 0) is 4.79 Å². The predicted molar refractivity (Wildman–Crippen MR) is 105 cm³/mol. The Morgan fingerprint density at radius 3 is 2.69 bits per heavy atom. The quantitative estimate of drug-likeness (QED) is 0.731. The van der Waals surface area contributed by atoms with Crippen molar-refractivity contribution in [3.8, 4) is 0 Å². The number of nitrogens with one attached hydrogen (secondary N) is 1. The van der Waals surface area contributed by atoms with Crippen molar-refractivity contribution in [3.05, 3.63) is 29.7 Å². The highest BCUT2D eigenvalue weighted by atomic mass is 19.3. The van der Waals surface area contributed by atoms with Gasteiger partial charge in [0, 0.05) is 19.3 Å². The van der Waals surface area contributed by atoms with Crippen LogP contribution in [0, 0.1) is 11.8 Å². The Kier molecular flexibility index (Phi) is 5.55. The maximum Gasteiger partial charge on any atom is 0.248 e. The molecular formula is C21H29F2N5O. The molecule has 0 spiro atoms. The summed E-state index contributed by atoms with van der Waals surface area (Å²) in [6.07, 6.45) is 7.69. The van der Waals surface area contributed by atoms with E-state index in [9.17, 15) is 13.6 Å². The van der Waals surface area contributed by atoms with Crippen molar-refractivity contribution < 1.29 is 13.6 Å². The highest BCUT2D eigenvalue weighted by Gasteiger charge is 2.38. The van der Waals surface area contributed by atoms with Crippen LogP contribution < -0.4 is 11.1 Å². The Morgan fingerprint density at radius 2 is 2.03 bits per heavy atom. The topological polar surface area (TPSA) is 85.3 Å². The maximum atomic E-state index is 13.4. The largest absolute Gasteiger partial charge is 0.349 e. The normalized spacial score (nSPS) is 21.8. The van der Waals surface area contributed by atoms with Crippen LogP contribution in [0.15, 0.2) is 18.5 Å².